The number of piperidine rings is 3. The average molecular weight is 1540 g/mol. The van der Waals surface area contributed by atoms with Crippen LogP contribution in [0.1, 0.15) is 104 Å². The highest BCUT2D eigenvalue weighted by Crippen LogP contribution is 2.39. The third-order valence-corrected chi connectivity index (χ3v) is 21.8. The topological polar surface area (TPSA) is 275 Å². The number of carbonyl (C=O) groups is 6. The van der Waals surface area contributed by atoms with Crippen LogP contribution in [0, 0.1) is 23.5 Å². The van der Waals surface area contributed by atoms with Gasteiger partial charge in [0.1, 0.15) is 76.3 Å². The van der Waals surface area contributed by atoms with Gasteiger partial charge in [-0.1, -0.05) is 59.6 Å². The zero-order valence-corrected chi connectivity index (χ0v) is 62.2. The number of fused-ring (bicyclic) bond motifs is 3. The van der Waals surface area contributed by atoms with Gasteiger partial charge < -0.3 is 54.2 Å². The highest BCUT2D eigenvalue weighted by Gasteiger charge is 2.45. The Morgan fingerprint density at radius 2 is 1.04 bits per heavy atom. The van der Waals surface area contributed by atoms with Crippen LogP contribution < -0.4 is 40.1 Å². The molecule has 568 valence electrons. The molecule has 9 heterocycles. The summed E-state index contributed by atoms with van der Waals surface area (Å²) in [6.45, 7) is 7.18. The Morgan fingerprint density at radius 3 is 1.52 bits per heavy atom. The summed E-state index contributed by atoms with van der Waals surface area (Å²) in [6.07, 6.45) is 11.5. The molecule has 24 nitrogen and oxygen atoms in total. The van der Waals surface area contributed by atoms with Crippen molar-refractivity contribution >= 4 is 121 Å². The van der Waals surface area contributed by atoms with Gasteiger partial charge in [-0.3, -0.25) is 43.9 Å². The van der Waals surface area contributed by atoms with Crippen LogP contribution >= 0.6 is 23.2 Å². The molecule has 5 aliphatic rings. The zero-order chi connectivity index (χ0) is 76.8. The van der Waals surface area contributed by atoms with Crippen LogP contribution in [0.2, 0.25) is 10.0 Å². The zero-order valence-electron chi connectivity index (χ0n) is 60.7. The number of carbonyl (C=O) groups excluding carboxylic acids is 6. The van der Waals surface area contributed by atoms with Crippen molar-refractivity contribution in [3.8, 4) is 23.0 Å². The Morgan fingerprint density at radius 1 is 0.532 bits per heavy atom. The van der Waals surface area contributed by atoms with Crippen LogP contribution in [0.4, 0.5) is 48.9 Å². The van der Waals surface area contributed by atoms with E-state index in [1.807, 2.05) is 72.8 Å². The number of rotatable bonds is 23. The number of hydrogen-bond donors (Lipinski definition) is 5. The summed E-state index contributed by atoms with van der Waals surface area (Å²) in [5, 5.41) is 10.0. The van der Waals surface area contributed by atoms with E-state index in [1.54, 1.807) is 93.3 Å². The van der Waals surface area contributed by atoms with Crippen molar-refractivity contribution < 1.29 is 56.5 Å². The minimum atomic E-state index is -0.991. The second kappa shape index (κ2) is 33.3. The maximum atomic E-state index is 15.8. The number of anilines is 7. The molecule has 0 spiro atoms. The first kappa shape index (κ1) is 74.8. The molecule has 5 aliphatic heterocycles. The largest absolute Gasteiger partial charge is 0.457 e. The van der Waals surface area contributed by atoms with Crippen molar-refractivity contribution in [3.05, 3.63) is 232 Å². The predicted octanol–water partition coefficient (Wildman–Crippen LogP) is 15.1. The summed E-state index contributed by atoms with van der Waals surface area (Å²) in [6, 6.07) is 42.7. The Labute approximate surface area is 647 Å². The Kier molecular flexibility index (Phi) is 22.4. The first-order valence-corrected chi connectivity index (χ1v) is 37.6. The molecule has 1 unspecified atom stereocenters. The molecule has 0 aliphatic carbocycles. The normalized spacial score (nSPS) is 16.4. The van der Waals surface area contributed by atoms with E-state index in [2.05, 4.69) is 65.5 Å². The number of aromatic amines is 2. The van der Waals surface area contributed by atoms with Crippen molar-refractivity contribution in [1.29, 1.82) is 0 Å². The number of benzene rings is 7. The quantitative estimate of drug-likeness (QED) is 0.0226. The van der Waals surface area contributed by atoms with Gasteiger partial charge in [0.15, 0.2) is 17.9 Å². The SMILES string of the molecule is COC(CC1CCN(c2ccc(Nc3ncnc4[nH]cc(C(=O)c5ccc(Oc6ccccc6)cc5Cl)c34)cc2F)CC1)OC.O=C1CCC(N2C(=O)c3ccc(N4CCN(CCC5CCN(c6ccc(Nc7ncnc8[nH]cc(C(=O)c9ccc(Oc%10ccccc%10)cc9Cl)c78)cc6F)CC5)CC4)cc3C2=O)C(=O)N1. The summed E-state index contributed by atoms with van der Waals surface area (Å²) in [4.78, 5) is 111. The second-order valence-electron chi connectivity index (χ2n) is 27.9. The number of piperazine rings is 1. The van der Waals surface area contributed by atoms with Crippen LogP contribution in [0.5, 0.6) is 23.0 Å². The van der Waals surface area contributed by atoms with Gasteiger partial charge in [-0.25, -0.2) is 28.7 Å². The van der Waals surface area contributed by atoms with Crippen LogP contribution in [0.25, 0.3) is 22.1 Å². The maximum absolute atomic E-state index is 15.8. The summed E-state index contributed by atoms with van der Waals surface area (Å²) < 4.78 is 53.7. The standard InChI is InChI=1S/C49H45ClFN9O6.C34H33ClFN5O4/c50-38-26-33(66-32-4-2-1-3-5-32)8-10-35(38)44(62)37-27-52-45-43(37)46(54-28-53-45)55-30-6-11-40(39(51)24-30)59-18-15-29(16-19-59)14-17-57-20-22-58(23-21-57)31-7-9-34-36(25-31)49(65)60(48(34)64)41-12-13-42(61)56-47(41)63;1-43-30(44-2)16-21-12-14-41(15-13-21)29-11-8-22(17-28(29)36)40-34-31-26(19-37-33(31)38-20-39-34)32(42)25-10-9-24(18-27(25)35)45-23-6-4-3-5-7-23/h1-11,24-29,41H,12-23H2,(H,56,61,63)(H2,52,53,54,55);3-11,17-21,30H,12-16H2,1-2H3,(H2,37,38,39,40). The lowest BCUT2D eigenvalue weighted by Gasteiger charge is -2.38. The first-order chi connectivity index (χ1) is 54.0. The molecule has 4 amide bonds. The molecule has 28 heteroatoms. The molecular formula is C83H78Cl2F2N14O10. The molecule has 0 radical (unpaired) electrons. The molecule has 5 N–H and O–H groups in total. The summed E-state index contributed by atoms with van der Waals surface area (Å²) in [5.74, 6) is 0.598. The van der Waals surface area contributed by atoms with Crippen LogP contribution in [-0.4, -0.2) is 160 Å². The Hall–Kier alpha value is -11.7. The number of ketones is 2. The smallest absolute Gasteiger partial charge is 0.262 e. The lowest BCUT2D eigenvalue weighted by Crippen LogP contribution is -2.54. The van der Waals surface area contributed by atoms with Crippen molar-refractivity contribution in [1.82, 2.24) is 45.0 Å². The molecule has 1 atom stereocenters. The van der Waals surface area contributed by atoms with E-state index >= 15 is 8.78 Å². The van der Waals surface area contributed by atoms with Gasteiger partial charge in [0.05, 0.1) is 54.4 Å². The number of nitrogens with one attached hydrogen (secondary N) is 5. The van der Waals surface area contributed by atoms with E-state index in [1.165, 1.54) is 24.8 Å². The van der Waals surface area contributed by atoms with E-state index in [0.717, 1.165) is 108 Å². The number of imide groups is 2. The van der Waals surface area contributed by atoms with Gasteiger partial charge in [0.25, 0.3) is 11.8 Å². The molecule has 11 aromatic rings. The van der Waals surface area contributed by atoms with Gasteiger partial charge in [-0.15, -0.1) is 0 Å². The van der Waals surface area contributed by atoms with Crippen LogP contribution in [0.15, 0.2) is 177 Å². The summed E-state index contributed by atoms with van der Waals surface area (Å²) >= 11 is 13.2. The Bertz CT molecular complexity index is 5320. The fourth-order valence-corrected chi connectivity index (χ4v) is 15.7. The van der Waals surface area contributed by atoms with Gasteiger partial charge in [-0.05, 0) is 160 Å². The van der Waals surface area contributed by atoms with Crippen molar-refractivity contribution in [2.45, 2.75) is 63.7 Å². The van der Waals surface area contributed by atoms with Crippen LogP contribution in [-0.2, 0) is 19.1 Å². The lowest BCUT2D eigenvalue weighted by atomic mass is 9.93. The van der Waals surface area contributed by atoms with Gasteiger partial charge in [0, 0.05) is 132 Å². The molecule has 0 saturated carbocycles. The maximum Gasteiger partial charge on any atom is 0.262 e. The molecular weight excluding hydrogens is 1460 g/mol. The molecule has 4 aromatic heterocycles. The number of ether oxygens (including phenoxy) is 4. The number of H-pyrrole nitrogens is 2. The lowest BCUT2D eigenvalue weighted by molar-refractivity contribution is -0.136. The van der Waals surface area contributed by atoms with E-state index in [0.29, 0.717) is 108 Å². The molecule has 4 saturated heterocycles. The highest BCUT2D eigenvalue weighted by molar-refractivity contribution is 6.36. The fourth-order valence-electron chi connectivity index (χ4n) is 15.1. The number of hydrogen-bond acceptors (Lipinski definition) is 20. The van der Waals surface area contributed by atoms with Crippen molar-refractivity contribution in [2.75, 3.05) is 98.5 Å². The molecule has 7 aromatic carbocycles. The number of amides is 4. The first-order valence-electron chi connectivity index (χ1n) is 36.8. The highest BCUT2D eigenvalue weighted by atomic mass is 35.5. The van der Waals surface area contributed by atoms with E-state index in [-0.39, 0.29) is 69.1 Å². The van der Waals surface area contributed by atoms with Gasteiger partial charge in [0.2, 0.25) is 11.8 Å². The van der Waals surface area contributed by atoms with E-state index in [4.69, 9.17) is 42.1 Å². The van der Waals surface area contributed by atoms with Crippen LogP contribution in [0.3, 0.4) is 0 Å². The minimum absolute atomic E-state index is 0.0773. The molecule has 0 bridgehead atoms. The van der Waals surface area contributed by atoms with Gasteiger partial charge in [-0.2, -0.15) is 0 Å². The van der Waals surface area contributed by atoms with Crippen molar-refractivity contribution in [2.24, 2.45) is 11.8 Å². The second-order valence-corrected chi connectivity index (χ2v) is 28.8. The van der Waals surface area contributed by atoms with E-state index in [9.17, 15) is 28.8 Å². The van der Waals surface area contributed by atoms with E-state index < -0.39 is 29.7 Å². The average Bonchev–Trinajstić information content (AvgIpc) is 1.62. The van der Waals surface area contributed by atoms with Crippen molar-refractivity contribution in [3.63, 3.8) is 0 Å². The molecule has 4 fully saturated rings. The third-order valence-electron chi connectivity index (χ3n) is 21.2. The monoisotopic (exact) mass is 1540 g/mol. The number of methoxy groups -OCH3 is 2. The number of nitrogens with zero attached hydrogens (tertiary/aromatic N) is 9. The predicted molar refractivity (Wildman–Crippen MR) is 419 cm³/mol. The fraction of sp³-hybridized carbons (Fsp3) is 0.277. The summed E-state index contributed by atoms with van der Waals surface area (Å²) in [7, 11) is 3.29. The number of para-hydroxylation sites is 2. The van der Waals surface area contributed by atoms with Gasteiger partial charge >= 0.3 is 0 Å². The third kappa shape index (κ3) is 16.5. The number of halogens is 4. The Balaban J connectivity index is 0.000000189. The molecule has 111 heavy (non-hydrogen) atoms. The minimum Gasteiger partial charge on any atom is -0.457 e. The molecule has 16 rings (SSSR count). The summed E-state index contributed by atoms with van der Waals surface area (Å²) in [5.41, 5.74) is 5.59. The number of aromatic nitrogens is 6.